The van der Waals surface area contributed by atoms with Crippen LogP contribution in [0, 0.1) is 11.7 Å². The summed E-state index contributed by atoms with van der Waals surface area (Å²) in [5.74, 6) is 0.498. The summed E-state index contributed by atoms with van der Waals surface area (Å²) < 4.78 is 19.0. The molecule has 23 heavy (non-hydrogen) atoms. The zero-order valence-electron chi connectivity index (χ0n) is 13.3. The van der Waals surface area contributed by atoms with Crippen LogP contribution in [0.3, 0.4) is 0 Å². The van der Waals surface area contributed by atoms with E-state index in [4.69, 9.17) is 4.74 Å². The monoisotopic (exact) mass is 316 g/mol. The van der Waals surface area contributed by atoms with Crippen LogP contribution in [0.2, 0.25) is 0 Å². The van der Waals surface area contributed by atoms with Gasteiger partial charge in [0, 0.05) is 5.69 Å². The molecule has 0 aliphatic heterocycles. The summed E-state index contributed by atoms with van der Waals surface area (Å²) in [6.45, 7) is 4.90. The van der Waals surface area contributed by atoms with Crippen LogP contribution < -0.4 is 15.4 Å². The lowest BCUT2D eigenvalue weighted by Crippen LogP contribution is -2.22. The number of hydrogen-bond acceptors (Lipinski definition) is 3. The van der Waals surface area contributed by atoms with Crippen molar-refractivity contribution in [1.82, 2.24) is 0 Å². The van der Waals surface area contributed by atoms with Gasteiger partial charge in [0.25, 0.3) is 0 Å². The predicted molar refractivity (Wildman–Crippen MR) is 90.3 cm³/mol. The van der Waals surface area contributed by atoms with Crippen molar-refractivity contribution < 1.29 is 13.9 Å². The number of carbonyl (C=O) groups excluding carboxylic acids is 1. The minimum Gasteiger partial charge on any atom is -0.493 e. The Morgan fingerprint density at radius 3 is 2.48 bits per heavy atom. The third-order valence-corrected chi connectivity index (χ3v) is 3.04. The maximum absolute atomic E-state index is 13.4. The standard InChI is InChI=1S/C18H21FN2O2/c1-13(2)12-23-15-9-7-14(8-10-15)20-11-18(22)21-17-6-4-3-5-16(17)19/h3-10,13,20H,11-12H2,1-2H3,(H,21,22). The Hall–Kier alpha value is -2.56. The molecule has 2 aromatic carbocycles. The molecule has 0 bridgehead atoms. The van der Waals surface area contributed by atoms with Crippen LogP contribution >= 0.6 is 0 Å². The van der Waals surface area contributed by atoms with E-state index in [1.54, 1.807) is 12.1 Å². The summed E-state index contributed by atoms with van der Waals surface area (Å²) in [5, 5.41) is 5.51. The minimum atomic E-state index is -0.451. The highest BCUT2D eigenvalue weighted by molar-refractivity contribution is 5.93. The van der Waals surface area contributed by atoms with E-state index in [1.807, 2.05) is 24.3 Å². The SMILES string of the molecule is CC(C)COc1ccc(NCC(=O)Nc2ccccc2F)cc1. The summed E-state index contributed by atoms with van der Waals surface area (Å²) in [7, 11) is 0. The van der Waals surface area contributed by atoms with Gasteiger partial charge in [0.15, 0.2) is 0 Å². The maximum atomic E-state index is 13.4. The number of hydrogen-bond donors (Lipinski definition) is 2. The summed E-state index contributed by atoms with van der Waals surface area (Å²) >= 11 is 0. The van der Waals surface area contributed by atoms with Gasteiger partial charge >= 0.3 is 0 Å². The molecule has 1 amide bonds. The van der Waals surface area contributed by atoms with Gasteiger partial charge in [-0.05, 0) is 42.3 Å². The van der Waals surface area contributed by atoms with Crippen LogP contribution in [0.5, 0.6) is 5.75 Å². The molecule has 0 unspecified atom stereocenters. The van der Waals surface area contributed by atoms with Crippen LogP contribution in [0.25, 0.3) is 0 Å². The molecule has 0 saturated heterocycles. The molecule has 0 heterocycles. The van der Waals surface area contributed by atoms with Crippen molar-refractivity contribution >= 4 is 17.3 Å². The van der Waals surface area contributed by atoms with Crippen molar-refractivity contribution in [3.05, 3.63) is 54.3 Å². The Labute approximate surface area is 135 Å². The van der Waals surface area contributed by atoms with E-state index in [2.05, 4.69) is 24.5 Å². The highest BCUT2D eigenvalue weighted by Gasteiger charge is 2.06. The van der Waals surface area contributed by atoms with E-state index >= 15 is 0 Å². The van der Waals surface area contributed by atoms with E-state index < -0.39 is 5.82 Å². The fraction of sp³-hybridized carbons (Fsp3) is 0.278. The number of halogens is 1. The second-order valence-corrected chi connectivity index (χ2v) is 5.61. The molecule has 0 aliphatic carbocycles. The molecule has 0 fully saturated rings. The molecule has 4 nitrogen and oxygen atoms in total. The third-order valence-electron chi connectivity index (χ3n) is 3.04. The Bertz CT molecular complexity index is 642. The number of nitrogens with one attached hydrogen (secondary N) is 2. The first-order valence-corrected chi connectivity index (χ1v) is 7.55. The molecular formula is C18H21FN2O2. The van der Waals surface area contributed by atoms with Gasteiger partial charge in [-0.3, -0.25) is 4.79 Å². The minimum absolute atomic E-state index is 0.0561. The number of para-hydroxylation sites is 1. The first kappa shape index (κ1) is 16.8. The molecule has 0 radical (unpaired) electrons. The Kier molecular flexibility index (Phi) is 5.97. The number of rotatable bonds is 7. The number of ether oxygens (including phenoxy) is 1. The van der Waals surface area contributed by atoms with Gasteiger partial charge in [-0.25, -0.2) is 4.39 Å². The van der Waals surface area contributed by atoms with E-state index in [9.17, 15) is 9.18 Å². The summed E-state index contributed by atoms with van der Waals surface area (Å²) in [5.41, 5.74) is 0.974. The Morgan fingerprint density at radius 2 is 1.83 bits per heavy atom. The van der Waals surface area contributed by atoms with Crippen molar-refractivity contribution in [2.45, 2.75) is 13.8 Å². The lowest BCUT2D eigenvalue weighted by atomic mass is 10.2. The van der Waals surface area contributed by atoms with Crippen LogP contribution in [-0.4, -0.2) is 19.1 Å². The van der Waals surface area contributed by atoms with Crippen molar-refractivity contribution in [3.63, 3.8) is 0 Å². The van der Waals surface area contributed by atoms with E-state index in [-0.39, 0.29) is 18.1 Å². The molecule has 0 spiro atoms. The van der Waals surface area contributed by atoms with Gasteiger partial charge in [-0.15, -0.1) is 0 Å². The van der Waals surface area contributed by atoms with E-state index in [0.29, 0.717) is 12.5 Å². The molecule has 2 rings (SSSR count). The molecule has 0 aliphatic rings. The zero-order valence-corrected chi connectivity index (χ0v) is 13.3. The highest BCUT2D eigenvalue weighted by Crippen LogP contribution is 2.16. The van der Waals surface area contributed by atoms with E-state index in [0.717, 1.165) is 11.4 Å². The topological polar surface area (TPSA) is 50.4 Å². The normalized spacial score (nSPS) is 10.4. The number of carbonyl (C=O) groups is 1. The summed E-state index contributed by atoms with van der Waals surface area (Å²) in [6, 6.07) is 13.4. The van der Waals surface area contributed by atoms with Crippen molar-refractivity contribution in [3.8, 4) is 5.75 Å². The Morgan fingerprint density at radius 1 is 1.13 bits per heavy atom. The first-order chi connectivity index (χ1) is 11.0. The molecule has 122 valence electrons. The summed E-state index contributed by atoms with van der Waals surface area (Å²) in [6.07, 6.45) is 0. The molecule has 0 saturated carbocycles. The lowest BCUT2D eigenvalue weighted by molar-refractivity contribution is -0.114. The fourth-order valence-electron chi connectivity index (χ4n) is 1.87. The molecular weight excluding hydrogens is 295 g/mol. The predicted octanol–water partition coefficient (Wildman–Crippen LogP) is 3.91. The van der Waals surface area contributed by atoms with Gasteiger partial charge in [0.2, 0.25) is 5.91 Å². The number of amides is 1. The summed E-state index contributed by atoms with van der Waals surface area (Å²) in [4.78, 5) is 11.8. The van der Waals surface area contributed by atoms with Crippen LogP contribution in [0.15, 0.2) is 48.5 Å². The average Bonchev–Trinajstić information content (AvgIpc) is 2.54. The molecule has 2 N–H and O–H groups in total. The van der Waals surface area contributed by atoms with Gasteiger partial charge in [-0.1, -0.05) is 26.0 Å². The van der Waals surface area contributed by atoms with Gasteiger partial charge in [0.05, 0.1) is 18.8 Å². The molecule has 0 atom stereocenters. The van der Waals surface area contributed by atoms with E-state index in [1.165, 1.54) is 12.1 Å². The lowest BCUT2D eigenvalue weighted by Gasteiger charge is -2.11. The number of benzene rings is 2. The maximum Gasteiger partial charge on any atom is 0.243 e. The molecule has 5 heteroatoms. The smallest absolute Gasteiger partial charge is 0.243 e. The molecule has 0 aromatic heterocycles. The second kappa shape index (κ2) is 8.17. The van der Waals surface area contributed by atoms with Crippen LogP contribution in [-0.2, 0) is 4.79 Å². The average molecular weight is 316 g/mol. The van der Waals surface area contributed by atoms with Gasteiger partial charge in [-0.2, -0.15) is 0 Å². The van der Waals surface area contributed by atoms with Crippen molar-refractivity contribution in [2.75, 3.05) is 23.8 Å². The number of anilines is 2. The van der Waals surface area contributed by atoms with Crippen LogP contribution in [0.4, 0.5) is 15.8 Å². The van der Waals surface area contributed by atoms with Gasteiger partial charge < -0.3 is 15.4 Å². The molecule has 2 aromatic rings. The van der Waals surface area contributed by atoms with Crippen molar-refractivity contribution in [1.29, 1.82) is 0 Å². The van der Waals surface area contributed by atoms with Crippen LogP contribution in [0.1, 0.15) is 13.8 Å². The third kappa shape index (κ3) is 5.62. The quantitative estimate of drug-likeness (QED) is 0.814. The van der Waals surface area contributed by atoms with Gasteiger partial charge in [0.1, 0.15) is 11.6 Å². The van der Waals surface area contributed by atoms with Crippen molar-refractivity contribution in [2.24, 2.45) is 5.92 Å². The fourth-order valence-corrected chi connectivity index (χ4v) is 1.87. The first-order valence-electron chi connectivity index (χ1n) is 7.55. The Balaban J connectivity index is 1.81. The second-order valence-electron chi connectivity index (χ2n) is 5.61. The largest absolute Gasteiger partial charge is 0.493 e. The highest BCUT2D eigenvalue weighted by atomic mass is 19.1. The zero-order chi connectivity index (χ0) is 16.7.